The molecule has 0 amide bonds. The summed E-state index contributed by atoms with van der Waals surface area (Å²) in [6.07, 6.45) is 1.65. The van der Waals surface area contributed by atoms with E-state index in [-0.39, 0.29) is 0 Å². The number of nitrogens with zero attached hydrogens (tertiary/aromatic N) is 5. The molecule has 0 spiro atoms. The Morgan fingerprint density at radius 2 is 1.91 bits per heavy atom. The summed E-state index contributed by atoms with van der Waals surface area (Å²) in [5.41, 5.74) is 5.44. The summed E-state index contributed by atoms with van der Waals surface area (Å²) in [6.45, 7) is 4.55. The minimum Gasteiger partial charge on any atom is -0.496 e. The zero-order chi connectivity index (χ0) is 23.2. The highest BCUT2D eigenvalue weighted by atomic mass is 79.9. The number of morpholine rings is 1. The molecule has 33 heavy (non-hydrogen) atoms. The molecule has 0 radical (unpaired) electrons. The van der Waals surface area contributed by atoms with Gasteiger partial charge in [-0.3, -0.25) is 0 Å². The number of hydrazone groups is 1. The van der Waals surface area contributed by atoms with Gasteiger partial charge in [-0.15, -0.1) is 0 Å². The number of rotatable bonds is 7. The Labute approximate surface area is 205 Å². The maximum atomic E-state index is 6.31. The first-order chi connectivity index (χ1) is 16.0. The lowest BCUT2D eigenvalue weighted by atomic mass is 10.2. The van der Waals surface area contributed by atoms with Gasteiger partial charge in [-0.1, -0.05) is 23.7 Å². The number of aromatic nitrogens is 3. The molecule has 1 aromatic heterocycles. The Morgan fingerprint density at radius 3 is 2.70 bits per heavy atom. The van der Waals surface area contributed by atoms with Crippen LogP contribution < -0.4 is 20.4 Å². The molecule has 2 N–H and O–H groups in total. The highest BCUT2D eigenvalue weighted by Gasteiger charge is 2.17. The Hall–Kier alpha value is -2.95. The van der Waals surface area contributed by atoms with Crippen LogP contribution in [0.1, 0.15) is 11.1 Å². The van der Waals surface area contributed by atoms with Gasteiger partial charge in [-0.05, 0) is 52.7 Å². The lowest BCUT2D eigenvalue weighted by Gasteiger charge is -2.27. The molecular weight excluding hydrogens is 510 g/mol. The molecule has 3 aromatic rings. The van der Waals surface area contributed by atoms with E-state index < -0.39 is 0 Å². The van der Waals surface area contributed by atoms with Crippen LogP contribution in [0.25, 0.3) is 0 Å². The summed E-state index contributed by atoms with van der Waals surface area (Å²) in [4.78, 5) is 15.7. The minimum atomic E-state index is 0.300. The molecule has 0 bridgehead atoms. The van der Waals surface area contributed by atoms with Crippen LogP contribution in [0.15, 0.2) is 46.0 Å². The molecule has 2 heterocycles. The molecular formula is C22H23BrClN7O2. The quantitative estimate of drug-likeness (QED) is 0.336. The molecule has 1 saturated heterocycles. The van der Waals surface area contributed by atoms with Crippen molar-refractivity contribution >= 4 is 57.3 Å². The van der Waals surface area contributed by atoms with Gasteiger partial charge in [-0.25, -0.2) is 5.43 Å². The minimum absolute atomic E-state index is 0.300. The van der Waals surface area contributed by atoms with Gasteiger partial charge in [0, 0.05) is 28.1 Å². The van der Waals surface area contributed by atoms with E-state index in [0.717, 1.165) is 27.0 Å². The SMILES string of the molecule is COc1ccccc1/C=N\Nc1nc(Nc2cc(Cl)c(C)cc2Br)nc(N2CCOCC2)n1. The summed E-state index contributed by atoms with van der Waals surface area (Å²) in [6, 6.07) is 11.3. The normalized spacial score (nSPS) is 13.9. The molecule has 0 unspecified atom stereocenters. The average Bonchev–Trinajstić information content (AvgIpc) is 2.83. The largest absolute Gasteiger partial charge is 0.496 e. The fraction of sp³-hybridized carbons (Fsp3) is 0.273. The Kier molecular flexibility index (Phi) is 7.58. The van der Waals surface area contributed by atoms with E-state index in [9.17, 15) is 0 Å². The summed E-state index contributed by atoms with van der Waals surface area (Å²) < 4.78 is 11.7. The molecule has 2 aromatic carbocycles. The van der Waals surface area contributed by atoms with Gasteiger partial charge in [-0.2, -0.15) is 20.1 Å². The maximum absolute atomic E-state index is 6.31. The molecule has 0 saturated carbocycles. The third-order valence-electron chi connectivity index (χ3n) is 4.92. The third-order valence-corrected chi connectivity index (χ3v) is 5.98. The highest BCUT2D eigenvalue weighted by molar-refractivity contribution is 9.10. The zero-order valence-electron chi connectivity index (χ0n) is 18.2. The number of anilines is 4. The first-order valence-corrected chi connectivity index (χ1v) is 11.4. The molecule has 1 aliphatic heterocycles. The van der Waals surface area contributed by atoms with Crippen LogP contribution >= 0.6 is 27.5 Å². The monoisotopic (exact) mass is 531 g/mol. The van der Waals surface area contributed by atoms with Crippen molar-refractivity contribution < 1.29 is 9.47 Å². The van der Waals surface area contributed by atoms with Crippen molar-refractivity contribution in [3.8, 4) is 5.75 Å². The lowest BCUT2D eigenvalue weighted by molar-refractivity contribution is 0.122. The molecule has 172 valence electrons. The summed E-state index contributed by atoms with van der Waals surface area (Å²) in [5.74, 6) is 1.91. The van der Waals surface area contributed by atoms with E-state index in [0.29, 0.717) is 49.2 Å². The van der Waals surface area contributed by atoms with Crippen molar-refractivity contribution in [1.82, 2.24) is 15.0 Å². The molecule has 4 rings (SSSR count). The van der Waals surface area contributed by atoms with E-state index >= 15 is 0 Å². The fourth-order valence-corrected chi connectivity index (χ4v) is 3.89. The zero-order valence-corrected chi connectivity index (χ0v) is 20.5. The number of para-hydroxylation sites is 1. The number of halogens is 2. The van der Waals surface area contributed by atoms with Crippen molar-refractivity contribution in [3.05, 3.63) is 57.0 Å². The van der Waals surface area contributed by atoms with Crippen LogP contribution in [0, 0.1) is 6.92 Å². The van der Waals surface area contributed by atoms with Crippen LogP contribution in [-0.4, -0.2) is 54.6 Å². The van der Waals surface area contributed by atoms with Gasteiger partial charge < -0.3 is 19.7 Å². The van der Waals surface area contributed by atoms with Crippen molar-refractivity contribution in [2.45, 2.75) is 6.92 Å². The third kappa shape index (κ3) is 5.89. The van der Waals surface area contributed by atoms with E-state index in [1.54, 1.807) is 13.3 Å². The number of ether oxygens (including phenoxy) is 2. The van der Waals surface area contributed by atoms with Gasteiger partial charge in [0.25, 0.3) is 0 Å². The average molecular weight is 533 g/mol. The van der Waals surface area contributed by atoms with Gasteiger partial charge in [0.1, 0.15) is 5.75 Å². The van der Waals surface area contributed by atoms with E-state index in [1.807, 2.05) is 48.2 Å². The second-order valence-electron chi connectivity index (χ2n) is 7.20. The summed E-state index contributed by atoms with van der Waals surface area (Å²) in [5, 5.41) is 8.15. The molecule has 0 aliphatic carbocycles. The van der Waals surface area contributed by atoms with Gasteiger partial charge >= 0.3 is 0 Å². The maximum Gasteiger partial charge on any atom is 0.250 e. The highest BCUT2D eigenvalue weighted by Crippen LogP contribution is 2.31. The van der Waals surface area contributed by atoms with Gasteiger partial charge in [0.2, 0.25) is 17.8 Å². The van der Waals surface area contributed by atoms with E-state index in [4.69, 9.17) is 21.1 Å². The fourth-order valence-electron chi connectivity index (χ4n) is 3.17. The second-order valence-corrected chi connectivity index (χ2v) is 8.46. The first kappa shape index (κ1) is 23.2. The molecule has 1 fully saturated rings. The predicted octanol–water partition coefficient (Wildman–Crippen LogP) is 4.63. The van der Waals surface area contributed by atoms with Crippen LogP contribution in [0.3, 0.4) is 0 Å². The smallest absolute Gasteiger partial charge is 0.250 e. The molecule has 0 atom stereocenters. The number of nitrogens with one attached hydrogen (secondary N) is 2. The Morgan fingerprint density at radius 1 is 1.15 bits per heavy atom. The number of benzene rings is 2. The van der Waals surface area contributed by atoms with Crippen LogP contribution in [0.2, 0.25) is 5.02 Å². The molecule has 11 heteroatoms. The Bertz CT molecular complexity index is 1160. The summed E-state index contributed by atoms with van der Waals surface area (Å²) in [7, 11) is 1.62. The first-order valence-electron chi connectivity index (χ1n) is 10.3. The lowest BCUT2D eigenvalue weighted by Crippen LogP contribution is -2.37. The van der Waals surface area contributed by atoms with E-state index in [1.165, 1.54) is 0 Å². The molecule has 1 aliphatic rings. The van der Waals surface area contributed by atoms with Crippen LogP contribution in [0.4, 0.5) is 23.5 Å². The van der Waals surface area contributed by atoms with Crippen molar-refractivity contribution in [3.63, 3.8) is 0 Å². The van der Waals surface area contributed by atoms with Crippen molar-refractivity contribution in [2.24, 2.45) is 5.10 Å². The van der Waals surface area contributed by atoms with Crippen molar-refractivity contribution in [1.29, 1.82) is 0 Å². The second kappa shape index (κ2) is 10.8. The topological polar surface area (TPSA) is 96.8 Å². The van der Waals surface area contributed by atoms with E-state index in [2.05, 4.69) is 46.7 Å². The number of methoxy groups -OCH3 is 1. The predicted molar refractivity (Wildman–Crippen MR) is 134 cm³/mol. The van der Waals surface area contributed by atoms with Gasteiger partial charge in [0.05, 0.1) is 32.2 Å². The van der Waals surface area contributed by atoms with Crippen molar-refractivity contribution in [2.75, 3.05) is 49.1 Å². The molecule has 9 nitrogen and oxygen atoms in total. The summed E-state index contributed by atoms with van der Waals surface area (Å²) >= 11 is 9.87. The van der Waals surface area contributed by atoms with Crippen LogP contribution in [-0.2, 0) is 4.74 Å². The Balaban J connectivity index is 1.62. The number of hydrogen-bond acceptors (Lipinski definition) is 9. The standard InChI is InChI=1S/C22H23BrClN7O2/c1-14-11-16(23)18(12-17(14)24)26-20-27-21(29-22(28-20)31-7-9-33-10-8-31)30-25-13-15-5-3-4-6-19(15)32-2/h3-6,11-13H,7-10H2,1-2H3,(H2,26,27,28,29,30)/b25-13-. The number of aryl methyl sites for hydroxylation is 1. The number of hydrogen-bond donors (Lipinski definition) is 2. The van der Waals surface area contributed by atoms with Gasteiger partial charge in [0.15, 0.2) is 0 Å². The van der Waals surface area contributed by atoms with Crippen LogP contribution in [0.5, 0.6) is 5.75 Å².